The summed E-state index contributed by atoms with van der Waals surface area (Å²) in [7, 11) is 0. The average Bonchev–Trinajstić information content (AvgIpc) is 2.95. The third-order valence-electron chi connectivity index (χ3n) is 5.26. The monoisotopic (exact) mass is 358 g/mol. The summed E-state index contributed by atoms with van der Waals surface area (Å²) >= 11 is 0. The molecule has 0 radical (unpaired) electrons. The van der Waals surface area contributed by atoms with Gasteiger partial charge in [-0.25, -0.2) is 4.90 Å². The van der Waals surface area contributed by atoms with Crippen molar-refractivity contribution < 1.29 is 9.59 Å². The van der Waals surface area contributed by atoms with Crippen molar-refractivity contribution in [3.05, 3.63) is 29.8 Å². The summed E-state index contributed by atoms with van der Waals surface area (Å²) in [6.45, 7) is 8.29. The van der Waals surface area contributed by atoms with Gasteiger partial charge in [0.1, 0.15) is 0 Å². The van der Waals surface area contributed by atoms with Crippen LogP contribution in [-0.2, 0) is 16.0 Å². The SMILES string of the molecule is CCCCCN(CCCCC)C1CC(=O)N(c2ccc(CC)cc2)C1=O. The van der Waals surface area contributed by atoms with E-state index in [2.05, 4.69) is 25.7 Å². The molecule has 1 aliphatic rings. The molecule has 4 nitrogen and oxygen atoms in total. The van der Waals surface area contributed by atoms with Crippen LogP contribution in [0.3, 0.4) is 0 Å². The fraction of sp³-hybridized carbons (Fsp3) is 0.636. The van der Waals surface area contributed by atoms with Gasteiger partial charge in [0.25, 0.3) is 5.91 Å². The van der Waals surface area contributed by atoms with E-state index in [1.54, 1.807) is 0 Å². The van der Waals surface area contributed by atoms with E-state index in [4.69, 9.17) is 0 Å². The van der Waals surface area contributed by atoms with Crippen molar-refractivity contribution in [1.82, 2.24) is 4.90 Å². The summed E-state index contributed by atoms with van der Waals surface area (Å²) in [5.74, 6) is -0.118. The predicted molar refractivity (Wildman–Crippen MR) is 107 cm³/mol. The first-order valence-corrected chi connectivity index (χ1v) is 10.3. The third-order valence-corrected chi connectivity index (χ3v) is 5.26. The molecule has 2 amide bonds. The molecule has 0 spiro atoms. The molecule has 144 valence electrons. The summed E-state index contributed by atoms with van der Waals surface area (Å²) in [5, 5.41) is 0. The van der Waals surface area contributed by atoms with Gasteiger partial charge in [0.2, 0.25) is 5.91 Å². The summed E-state index contributed by atoms with van der Waals surface area (Å²) in [4.78, 5) is 29.3. The van der Waals surface area contributed by atoms with Gasteiger partial charge >= 0.3 is 0 Å². The number of carbonyl (C=O) groups excluding carboxylic acids is 2. The summed E-state index contributed by atoms with van der Waals surface area (Å²) in [6.07, 6.45) is 8.10. The number of hydrogen-bond acceptors (Lipinski definition) is 3. The van der Waals surface area contributed by atoms with Crippen LogP contribution in [0.5, 0.6) is 0 Å². The van der Waals surface area contributed by atoms with Crippen molar-refractivity contribution in [2.24, 2.45) is 0 Å². The van der Waals surface area contributed by atoms with Crippen LogP contribution < -0.4 is 4.90 Å². The minimum absolute atomic E-state index is 0.0488. The highest BCUT2D eigenvalue weighted by Crippen LogP contribution is 2.26. The Morgan fingerprint density at radius 2 is 1.50 bits per heavy atom. The Hall–Kier alpha value is -1.68. The topological polar surface area (TPSA) is 40.6 Å². The number of hydrogen-bond donors (Lipinski definition) is 0. The Bertz CT molecular complexity index is 572. The second kappa shape index (κ2) is 10.5. The first-order chi connectivity index (χ1) is 12.6. The second-order valence-corrected chi connectivity index (χ2v) is 7.26. The minimum atomic E-state index is -0.290. The van der Waals surface area contributed by atoms with E-state index in [1.807, 2.05) is 24.3 Å². The molecule has 1 atom stereocenters. The average molecular weight is 359 g/mol. The number of benzene rings is 1. The number of nitrogens with zero attached hydrogens (tertiary/aromatic N) is 2. The smallest absolute Gasteiger partial charge is 0.251 e. The van der Waals surface area contributed by atoms with Crippen molar-refractivity contribution in [2.45, 2.75) is 78.2 Å². The van der Waals surface area contributed by atoms with E-state index < -0.39 is 0 Å². The molecule has 0 aliphatic carbocycles. The summed E-state index contributed by atoms with van der Waals surface area (Å²) in [6, 6.07) is 7.51. The summed E-state index contributed by atoms with van der Waals surface area (Å²) in [5.41, 5.74) is 1.92. The maximum absolute atomic E-state index is 13.0. The predicted octanol–water partition coefficient (Wildman–Crippen LogP) is 4.56. The molecule has 26 heavy (non-hydrogen) atoms. The van der Waals surface area contributed by atoms with Gasteiger partial charge in [-0.2, -0.15) is 0 Å². The van der Waals surface area contributed by atoms with Crippen LogP contribution in [0, 0.1) is 0 Å². The van der Waals surface area contributed by atoms with Crippen LogP contribution in [0.4, 0.5) is 5.69 Å². The number of aryl methyl sites for hydroxylation is 1. The molecule has 1 saturated heterocycles. The van der Waals surface area contributed by atoms with Crippen molar-refractivity contribution in [3.63, 3.8) is 0 Å². The van der Waals surface area contributed by atoms with Gasteiger partial charge in [0, 0.05) is 0 Å². The van der Waals surface area contributed by atoms with Gasteiger partial charge in [-0.1, -0.05) is 58.6 Å². The highest BCUT2D eigenvalue weighted by atomic mass is 16.2. The first kappa shape index (κ1) is 20.6. The van der Waals surface area contributed by atoms with Gasteiger partial charge in [-0.15, -0.1) is 0 Å². The van der Waals surface area contributed by atoms with Crippen molar-refractivity contribution >= 4 is 17.5 Å². The van der Waals surface area contributed by atoms with Gasteiger partial charge in [-0.05, 0) is 50.0 Å². The molecule has 0 aromatic heterocycles. The molecule has 4 heteroatoms. The van der Waals surface area contributed by atoms with Gasteiger partial charge in [0.15, 0.2) is 0 Å². The molecule has 1 aromatic rings. The molecular formula is C22H34N2O2. The lowest BCUT2D eigenvalue weighted by molar-refractivity contribution is -0.123. The number of unbranched alkanes of at least 4 members (excludes halogenated alkanes) is 4. The van der Waals surface area contributed by atoms with Crippen LogP contribution in [0.25, 0.3) is 0 Å². The zero-order valence-corrected chi connectivity index (χ0v) is 16.7. The van der Waals surface area contributed by atoms with E-state index in [1.165, 1.54) is 23.3 Å². The lowest BCUT2D eigenvalue weighted by Crippen LogP contribution is -2.43. The van der Waals surface area contributed by atoms with Crippen LogP contribution in [0.15, 0.2) is 24.3 Å². The van der Waals surface area contributed by atoms with Crippen LogP contribution in [-0.4, -0.2) is 35.8 Å². The lowest BCUT2D eigenvalue weighted by Gasteiger charge is -2.27. The Labute approximate surface area is 158 Å². The van der Waals surface area contributed by atoms with Crippen LogP contribution >= 0.6 is 0 Å². The zero-order valence-electron chi connectivity index (χ0n) is 16.7. The van der Waals surface area contributed by atoms with E-state index in [-0.39, 0.29) is 17.9 Å². The molecule has 1 heterocycles. The molecule has 1 unspecified atom stereocenters. The van der Waals surface area contributed by atoms with E-state index >= 15 is 0 Å². The first-order valence-electron chi connectivity index (χ1n) is 10.3. The molecule has 1 aromatic carbocycles. The molecule has 1 fully saturated rings. The van der Waals surface area contributed by atoms with Crippen LogP contribution in [0.2, 0.25) is 0 Å². The highest BCUT2D eigenvalue weighted by Gasteiger charge is 2.42. The van der Waals surface area contributed by atoms with E-state index in [0.29, 0.717) is 12.1 Å². The van der Waals surface area contributed by atoms with E-state index in [9.17, 15) is 9.59 Å². The molecule has 0 bridgehead atoms. The van der Waals surface area contributed by atoms with E-state index in [0.717, 1.165) is 45.2 Å². The Kier molecular flexibility index (Phi) is 8.30. The highest BCUT2D eigenvalue weighted by molar-refractivity contribution is 6.22. The standard InChI is InChI=1S/C22H34N2O2/c1-4-7-9-15-23(16-10-8-5-2)20-17-21(25)24(22(20)26)19-13-11-18(6-3)12-14-19/h11-14,20H,4-10,15-17H2,1-3H3. The Morgan fingerprint density at radius 3 is 2.00 bits per heavy atom. The lowest BCUT2D eigenvalue weighted by atomic mass is 10.1. The Morgan fingerprint density at radius 1 is 0.923 bits per heavy atom. The normalized spacial score (nSPS) is 17.5. The molecule has 1 aliphatic heterocycles. The number of imide groups is 1. The van der Waals surface area contributed by atoms with Gasteiger partial charge in [0.05, 0.1) is 18.2 Å². The number of amides is 2. The zero-order chi connectivity index (χ0) is 18.9. The van der Waals surface area contributed by atoms with Gasteiger partial charge in [-0.3, -0.25) is 14.5 Å². The number of anilines is 1. The van der Waals surface area contributed by atoms with Gasteiger partial charge < -0.3 is 0 Å². The van der Waals surface area contributed by atoms with Crippen molar-refractivity contribution in [3.8, 4) is 0 Å². The third kappa shape index (κ3) is 5.16. The molecule has 0 N–H and O–H groups in total. The number of rotatable bonds is 11. The number of carbonyl (C=O) groups is 2. The quantitative estimate of drug-likeness (QED) is 0.430. The van der Waals surface area contributed by atoms with Crippen LogP contribution in [0.1, 0.15) is 71.3 Å². The second-order valence-electron chi connectivity index (χ2n) is 7.26. The largest absolute Gasteiger partial charge is 0.292 e. The minimum Gasteiger partial charge on any atom is -0.292 e. The molecular weight excluding hydrogens is 324 g/mol. The fourth-order valence-electron chi connectivity index (χ4n) is 3.61. The molecule has 0 saturated carbocycles. The molecule has 2 rings (SSSR count). The van der Waals surface area contributed by atoms with Crippen molar-refractivity contribution in [2.75, 3.05) is 18.0 Å². The maximum atomic E-state index is 13.0. The summed E-state index contributed by atoms with van der Waals surface area (Å²) < 4.78 is 0. The van der Waals surface area contributed by atoms with Crippen molar-refractivity contribution in [1.29, 1.82) is 0 Å². The fourth-order valence-corrected chi connectivity index (χ4v) is 3.61. The Balaban J connectivity index is 2.10. The maximum Gasteiger partial charge on any atom is 0.251 e.